The maximum Gasteiger partial charge on any atom is 0.0705 e. The number of hydrogen-bond acceptors (Lipinski definition) is 2. The van der Waals surface area contributed by atoms with Gasteiger partial charge in [0.2, 0.25) is 0 Å². The molecule has 1 saturated heterocycles. The van der Waals surface area contributed by atoms with Crippen LogP contribution in [0.4, 0.5) is 0 Å². The summed E-state index contributed by atoms with van der Waals surface area (Å²) in [4.78, 5) is 7.94. The lowest BCUT2D eigenvalue weighted by Crippen LogP contribution is -2.33. The second-order valence-electron chi connectivity index (χ2n) is 4.95. The molecule has 3 heteroatoms. The Morgan fingerprint density at radius 1 is 1.11 bits per heavy atom. The van der Waals surface area contributed by atoms with Gasteiger partial charge in [-0.05, 0) is 38.1 Å². The number of hydrogen-bond donors (Lipinski definition) is 0. The highest BCUT2D eigenvalue weighted by Gasteiger charge is 2.17. The van der Waals surface area contributed by atoms with Crippen LogP contribution >= 0.6 is 15.9 Å². The molecule has 0 atom stereocenters. The molecule has 0 aliphatic carbocycles. The van der Waals surface area contributed by atoms with Crippen molar-refractivity contribution in [2.24, 2.45) is 0 Å². The maximum absolute atomic E-state index is 4.73. The Kier molecular flexibility index (Phi) is 3.62. The third-order valence-corrected chi connectivity index (χ3v) is 4.47. The van der Waals surface area contributed by atoms with Gasteiger partial charge in [0, 0.05) is 16.8 Å². The van der Waals surface area contributed by atoms with Crippen LogP contribution < -0.4 is 0 Å². The molecule has 3 rings (SSSR count). The van der Waals surface area contributed by atoms with E-state index >= 15 is 0 Å². The van der Waals surface area contributed by atoms with Gasteiger partial charge in [-0.1, -0.05) is 40.2 Å². The first-order valence-corrected chi connectivity index (χ1v) is 7.44. The molecule has 2 nitrogen and oxygen atoms in total. The summed E-state index contributed by atoms with van der Waals surface area (Å²) in [6, 6.07) is 12.6. The van der Waals surface area contributed by atoms with Crippen molar-refractivity contribution in [1.29, 1.82) is 0 Å². The molecule has 2 aromatic rings. The monoisotopic (exact) mass is 304 g/mol. The SMILES string of the molecule is BrC1CCN(Cc2ccc3ccccc3n2)CC1. The average molecular weight is 305 g/mol. The van der Waals surface area contributed by atoms with Crippen LogP contribution in [0.15, 0.2) is 36.4 Å². The Bertz CT molecular complexity index is 533. The van der Waals surface area contributed by atoms with Gasteiger partial charge in [0.15, 0.2) is 0 Å². The molecule has 18 heavy (non-hydrogen) atoms. The van der Waals surface area contributed by atoms with Crippen LogP contribution in [0.5, 0.6) is 0 Å². The van der Waals surface area contributed by atoms with Crippen LogP contribution in [0.2, 0.25) is 0 Å². The summed E-state index contributed by atoms with van der Waals surface area (Å²) in [5.41, 5.74) is 2.28. The van der Waals surface area contributed by atoms with Gasteiger partial charge < -0.3 is 0 Å². The smallest absolute Gasteiger partial charge is 0.0705 e. The van der Waals surface area contributed by atoms with Crippen molar-refractivity contribution in [1.82, 2.24) is 9.88 Å². The third-order valence-electron chi connectivity index (χ3n) is 3.56. The van der Waals surface area contributed by atoms with E-state index < -0.39 is 0 Å². The van der Waals surface area contributed by atoms with E-state index in [1.165, 1.54) is 37.0 Å². The van der Waals surface area contributed by atoms with Crippen LogP contribution in [0.3, 0.4) is 0 Å². The zero-order valence-electron chi connectivity index (χ0n) is 10.3. The summed E-state index contributed by atoms with van der Waals surface area (Å²) in [5, 5.41) is 1.22. The zero-order chi connectivity index (χ0) is 12.4. The molecular weight excluding hydrogens is 288 g/mol. The normalized spacial score (nSPS) is 18.3. The summed E-state index contributed by atoms with van der Waals surface area (Å²) >= 11 is 3.69. The third kappa shape index (κ3) is 2.73. The van der Waals surface area contributed by atoms with Crippen LogP contribution in [-0.4, -0.2) is 27.8 Å². The Labute approximate surface area is 116 Å². The fourth-order valence-electron chi connectivity index (χ4n) is 2.48. The number of alkyl halides is 1. The Hall–Kier alpha value is -0.930. The number of halogens is 1. The molecule has 1 aliphatic rings. The van der Waals surface area contributed by atoms with E-state index in [2.05, 4.69) is 57.2 Å². The number of rotatable bonds is 2. The predicted octanol–water partition coefficient (Wildman–Crippen LogP) is 3.59. The maximum atomic E-state index is 4.73. The van der Waals surface area contributed by atoms with Crippen molar-refractivity contribution in [3.63, 3.8) is 0 Å². The summed E-state index contributed by atoms with van der Waals surface area (Å²) in [6.45, 7) is 3.32. The van der Waals surface area contributed by atoms with Gasteiger partial charge in [-0.2, -0.15) is 0 Å². The number of fused-ring (bicyclic) bond motifs is 1. The van der Waals surface area contributed by atoms with E-state index in [4.69, 9.17) is 4.98 Å². The number of benzene rings is 1. The second-order valence-corrected chi connectivity index (χ2v) is 6.24. The number of likely N-dealkylation sites (tertiary alicyclic amines) is 1. The summed E-state index contributed by atoms with van der Waals surface area (Å²) < 4.78 is 0. The lowest BCUT2D eigenvalue weighted by Gasteiger charge is -2.29. The van der Waals surface area contributed by atoms with Gasteiger partial charge in [0.1, 0.15) is 0 Å². The molecule has 94 valence electrons. The van der Waals surface area contributed by atoms with Gasteiger partial charge in [0.25, 0.3) is 0 Å². The van der Waals surface area contributed by atoms with Crippen molar-refractivity contribution in [3.05, 3.63) is 42.1 Å². The van der Waals surface area contributed by atoms with E-state index in [0.29, 0.717) is 4.83 Å². The lowest BCUT2D eigenvalue weighted by molar-refractivity contribution is 0.224. The summed E-state index contributed by atoms with van der Waals surface area (Å²) in [6.07, 6.45) is 2.49. The van der Waals surface area contributed by atoms with E-state index in [0.717, 1.165) is 12.1 Å². The predicted molar refractivity (Wildman–Crippen MR) is 79.0 cm³/mol. The first-order valence-electron chi connectivity index (χ1n) is 6.52. The molecule has 0 radical (unpaired) electrons. The van der Waals surface area contributed by atoms with E-state index in [-0.39, 0.29) is 0 Å². The van der Waals surface area contributed by atoms with Gasteiger partial charge in [-0.3, -0.25) is 9.88 Å². The molecule has 1 aromatic carbocycles. The molecule has 0 amide bonds. The average Bonchev–Trinajstić information content (AvgIpc) is 2.41. The molecule has 1 aromatic heterocycles. The van der Waals surface area contributed by atoms with E-state index in [9.17, 15) is 0 Å². The Morgan fingerprint density at radius 2 is 1.89 bits per heavy atom. The van der Waals surface area contributed by atoms with Crippen molar-refractivity contribution in [2.45, 2.75) is 24.2 Å². The first kappa shape index (κ1) is 12.1. The summed E-state index contributed by atoms with van der Waals surface area (Å²) in [7, 11) is 0. The highest BCUT2D eigenvalue weighted by atomic mass is 79.9. The number of piperidine rings is 1. The molecule has 0 N–H and O–H groups in total. The van der Waals surface area contributed by atoms with Crippen molar-refractivity contribution >= 4 is 26.8 Å². The quantitative estimate of drug-likeness (QED) is 0.788. The number of nitrogens with zero attached hydrogens (tertiary/aromatic N) is 2. The highest BCUT2D eigenvalue weighted by molar-refractivity contribution is 9.09. The zero-order valence-corrected chi connectivity index (χ0v) is 11.9. The second kappa shape index (κ2) is 5.37. The van der Waals surface area contributed by atoms with Crippen LogP contribution in [0.1, 0.15) is 18.5 Å². The fraction of sp³-hybridized carbons (Fsp3) is 0.400. The molecule has 1 aliphatic heterocycles. The topological polar surface area (TPSA) is 16.1 Å². The molecule has 2 heterocycles. The highest BCUT2D eigenvalue weighted by Crippen LogP contribution is 2.19. The van der Waals surface area contributed by atoms with Crippen molar-refractivity contribution < 1.29 is 0 Å². The number of aromatic nitrogens is 1. The minimum Gasteiger partial charge on any atom is -0.297 e. The standard InChI is InChI=1S/C15H17BrN2/c16-13-7-9-18(10-8-13)11-14-6-5-12-3-1-2-4-15(12)17-14/h1-6,13H,7-11H2. The largest absolute Gasteiger partial charge is 0.297 e. The number of para-hydroxylation sites is 1. The fourth-order valence-corrected chi connectivity index (χ4v) is 2.89. The van der Waals surface area contributed by atoms with Gasteiger partial charge in [-0.25, -0.2) is 0 Å². The van der Waals surface area contributed by atoms with Gasteiger partial charge in [0.05, 0.1) is 11.2 Å². The molecule has 0 spiro atoms. The van der Waals surface area contributed by atoms with Crippen molar-refractivity contribution in [3.8, 4) is 0 Å². The first-order chi connectivity index (χ1) is 8.81. The Morgan fingerprint density at radius 3 is 2.72 bits per heavy atom. The van der Waals surface area contributed by atoms with Gasteiger partial charge >= 0.3 is 0 Å². The molecule has 0 saturated carbocycles. The molecule has 0 bridgehead atoms. The van der Waals surface area contributed by atoms with Crippen molar-refractivity contribution in [2.75, 3.05) is 13.1 Å². The van der Waals surface area contributed by atoms with Crippen LogP contribution in [0, 0.1) is 0 Å². The number of pyridine rings is 1. The minimum atomic E-state index is 0.707. The van der Waals surface area contributed by atoms with Crippen LogP contribution in [0.25, 0.3) is 10.9 Å². The Balaban J connectivity index is 1.74. The van der Waals surface area contributed by atoms with Gasteiger partial charge in [-0.15, -0.1) is 0 Å². The van der Waals surface area contributed by atoms with E-state index in [1.54, 1.807) is 0 Å². The summed E-state index contributed by atoms with van der Waals surface area (Å²) in [5.74, 6) is 0. The molecule has 1 fully saturated rings. The molecular formula is C15H17BrN2. The van der Waals surface area contributed by atoms with E-state index in [1.807, 2.05) is 0 Å². The van der Waals surface area contributed by atoms with Crippen LogP contribution in [-0.2, 0) is 6.54 Å². The lowest BCUT2D eigenvalue weighted by atomic mass is 10.1. The minimum absolute atomic E-state index is 0.707. The molecule has 0 unspecified atom stereocenters.